The standard InChI is InChI=1S/C50H32N4/c1-4-16-34(17-5-1)46-49-47(42-25-12-13-26-44(42)54(49)39-22-8-3-9-23-39)52-50(51-46)37-19-14-18-35(31-37)36-28-30-45-43(32-36)41-29-27-33-15-10-11-24-40(33)48(41)53(45)38-20-6-2-7-21-38/h1-32H. The Balaban J connectivity index is 1.12. The molecule has 0 unspecified atom stereocenters. The maximum atomic E-state index is 5.38. The number of benzene rings is 8. The Bertz CT molecular complexity index is 3200. The largest absolute Gasteiger partial charge is 0.309 e. The maximum Gasteiger partial charge on any atom is 0.160 e. The summed E-state index contributed by atoms with van der Waals surface area (Å²) in [6, 6.07) is 68.9. The molecule has 0 N–H and O–H groups in total. The van der Waals surface area contributed by atoms with Crippen molar-refractivity contribution in [3.8, 4) is 45.1 Å². The van der Waals surface area contributed by atoms with Gasteiger partial charge in [-0.05, 0) is 65.0 Å². The Hall–Kier alpha value is -7.30. The van der Waals surface area contributed by atoms with Crippen LogP contribution in [0.15, 0.2) is 194 Å². The molecule has 0 fully saturated rings. The van der Waals surface area contributed by atoms with E-state index in [2.05, 4.69) is 203 Å². The minimum Gasteiger partial charge on any atom is -0.309 e. The van der Waals surface area contributed by atoms with Gasteiger partial charge in [0.25, 0.3) is 0 Å². The second-order valence-electron chi connectivity index (χ2n) is 13.8. The number of nitrogens with zero attached hydrogens (tertiary/aromatic N) is 4. The van der Waals surface area contributed by atoms with Crippen molar-refractivity contribution in [3.63, 3.8) is 0 Å². The van der Waals surface area contributed by atoms with E-state index in [1.54, 1.807) is 0 Å². The second kappa shape index (κ2) is 12.1. The van der Waals surface area contributed by atoms with Crippen LogP contribution in [0.4, 0.5) is 0 Å². The molecule has 4 nitrogen and oxygen atoms in total. The van der Waals surface area contributed by atoms with Crippen molar-refractivity contribution in [2.45, 2.75) is 0 Å². The molecule has 0 aliphatic carbocycles. The van der Waals surface area contributed by atoms with E-state index in [4.69, 9.17) is 9.97 Å². The van der Waals surface area contributed by atoms with Crippen LogP contribution in [0.3, 0.4) is 0 Å². The lowest BCUT2D eigenvalue weighted by Gasteiger charge is -2.12. The third kappa shape index (κ3) is 4.70. The second-order valence-corrected chi connectivity index (χ2v) is 13.8. The van der Waals surface area contributed by atoms with Gasteiger partial charge in [-0.1, -0.05) is 146 Å². The fourth-order valence-corrected chi connectivity index (χ4v) is 8.26. The molecule has 54 heavy (non-hydrogen) atoms. The average Bonchev–Trinajstić information content (AvgIpc) is 3.77. The Morgan fingerprint density at radius 2 is 0.926 bits per heavy atom. The summed E-state index contributed by atoms with van der Waals surface area (Å²) in [6.07, 6.45) is 0. The molecule has 0 amide bonds. The summed E-state index contributed by atoms with van der Waals surface area (Å²) >= 11 is 0. The van der Waals surface area contributed by atoms with E-state index in [1.165, 1.54) is 32.6 Å². The van der Waals surface area contributed by atoms with Gasteiger partial charge in [0.15, 0.2) is 5.82 Å². The van der Waals surface area contributed by atoms with Gasteiger partial charge in [0.2, 0.25) is 0 Å². The molecular weight excluding hydrogens is 657 g/mol. The normalized spacial score (nSPS) is 11.7. The fraction of sp³-hybridized carbons (Fsp3) is 0. The van der Waals surface area contributed by atoms with Crippen LogP contribution in [-0.2, 0) is 0 Å². The van der Waals surface area contributed by atoms with E-state index >= 15 is 0 Å². The summed E-state index contributed by atoms with van der Waals surface area (Å²) in [5, 5.41) is 6.04. The molecule has 252 valence electrons. The topological polar surface area (TPSA) is 35.6 Å². The van der Waals surface area contributed by atoms with Crippen LogP contribution in [0.5, 0.6) is 0 Å². The van der Waals surface area contributed by atoms with Crippen LogP contribution in [0.1, 0.15) is 0 Å². The van der Waals surface area contributed by atoms with E-state index < -0.39 is 0 Å². The molecule has 0 radical (unpaired) electrons. The van der Waals surface area contributed by atoms with E-state index in [0.717, 1.165) is 61.3 Å². The van der Waals surface area contributed by atoms with Crippen LogP contribution >= 0.6 is 0 Å². The Morgan fingerprint density at radius 1 is 0.333 bits per heavy atom. The first-order valence-electron chi connectivity index (χ1n) is 18.3. The van der Waals surface area contributed by atoms with Gasteiger partial charge < -0.3 is 9.13 Å². The average molecular weight is 689 g/mol. The number of hydrogen-bond acceptors (Lipinski definition) is 2. The van der Waals surface area contributed by atoms with Gasteiger partial charge in [-0.2, -0.15) is 0 Å². The highest BCUT2D eigenvalue weighted by atomic mass is 15.0. The Morgan fingerprint density at radius 3 is 1.70 bits per heavy atom. The zero-order valence-electron chi connectivity index (χ0n) is 29.3. The van der Waals surface area contributed by atoms with Gasteiger partial charge in [-0.25, -0.2) is 9.97 Å². The van der Waals surface area contributed by atoms with Crippen molar-refractivity contribution in [2.24, 2.45) is 0 Å². The highest BCUT2D eigenvalue weighted by Gasteiger charge is 2.21. The van der Waals surface area contributed by atoms with E-state index in [0.29, 0.717) is 5.82 Å². The summed E-state index contributed by atoms with van der Waals surface area (Å²) in [6.45, 7) is 0. The number of fused-ring (bicyclic) bond motifs is 8. The van der Waals surface area contributed by atoms with Gasteiger partial charge in [-0.15, -0.1) is 0 Å². The lowest BCUT2D eigenvalue weighted by Crippen LogP contribution is -1.99. The van der Waals surface area contributed by atoms with Gasteiger partial charge in [0.05, 0.1) is 27.8 Å². The highest BCUT2D eigenvalue weighted by Crippen LogP contribution is 2.40. The molecule has 3 aromatic heterocycles. The molecule has 0 saturated heterocycles. The number of rotatable bonds is 5. The van der Waals surface area contributed by atoms with E-state index in [-0.39, 0.29) is 0 Å². The van der Waals surface area contributed by atoms with Gasteiger partial charge in [0, 0.05) is 44.0 Å². The molecule has 8 aromatic carbocycles. The lowest BCUT2D eigenvalue weighted by molar-refractivity contribution is 1.15. The van der Waals surface area contributed by atoms with Crippen molar-refractivity contribution in [2.75, 3.05) is 0 Å². The van der Waals surface area contributed by atoms with Crippen molar-refractivity contribution < 1.29 is 0 Å². The SMILES string of the molecule is c1ccc(-c2nc(-c3cccc(-c4ccc5c(c4)c4ccc6ccccc6c4n5-c4ccccc4)c3)nc3c4ccccc4n(-c4ccccc4)c23)cc1. The van der Waals surface area contributed by atoms with Crippen LogP contribution < -0.4 is 0 Å². The first kappa shape index (κ1) is 30.3. The zero-order chi connectivity index (χ0) is 35.6. The van der Waals surface area contributed by atoms with E-state index in [9.17, 15) is 0 Å². The molecule has 3 heterocycles. The fourth-order valence-electron chi connectivity index (χ4n) is 8.26. The zero-order valence-corrected chi connectivity index (χ0v) is 29.3. The Kier molecular flexibility index (Phi) is 6.82. The Labute approximate surface area is 311 Å². The molecule has 11 aromatic rings. The molecule has 0 atom stereocenters. The van der Waals surface area contributed by atoms with Crippen LogP contribution in [0.25, 0.3) is 99.7 Å². The van der Waals surface area contributed by atoms with E-state index in [1.807, 2.05) is 0 Å². The molecular formula is C50H32N4. The first-order valence-corrected chi connectivity index (χ1v) is 18.3. The first-order chi connectivity index (χ1) is 26.8. The molecule has 0 spiro atoms. The van der Waals surface area contributed by atoms with Crippen molar-refractivity contribution in [3.05, 3.63) is 194 Å². The van der Waals surface area contributed by atoms with Crippen molar-refractivity contribution in [1.82, 2.24) is 19.1 Å². The quantitative estimate of drug-likeness (QED) is 0.180. The van der Waals surface area contributed by atoms with Crippen LogP contribution in [0.2, 0.25) is 0 Å². The third-order valence-electron chi connectivity index (χ3n) is 10.7. The number of hydrogen-bond donors (Lipinski definition) is 0. The summed E-state index contributed by atoms with van der Waals surface area (Å²) in [4.78, 5) is 10.7. The predicted octanol–water partition coefficient (Wildman–Crippen LogP) is 12.8. The molecule has 0 bridgehead atoms. The summed E-state index contributed by atoms with van der Waals surface area (Å²) < 4.78 is 4.71. The monoisotopic (exact) mass is 688 g/mol. The highest BCUT2D eigenvalue weighted by molar-refractivity contribution is 6.19. The summed E-state index contributed by atoms with van der Waals surface area (Å²) in [5.41, 5.74) is 12.9. The third-order valence-corrected chi connectivity index (χ3v) is 10.7. The number of aromatic nitrogens is 4. The summed E-state index contributed by atoms with van der Waals surface area (Å²) in [7, 11) is 0. The maximum absolute atomic E-state index is 5.38. The lowest BCUT2D eigenvalue weighted by atomic mass is 9.99. The van der Waals surface area contributed by atoms with Gasteiger partial charge >= 0.3 is 0 Å². The molecule has 0 saturated carbocycles. The molecule has 4 heteroatoms. The van der Waals surface area contributed by atoms with Gasteiger partial charge in [0.1, 0.15) is 5.52 Å². The van der Waals surface area contributed by atoms with Crippen molar-refractivity contribution >= 4 is 54.5 Å². The van der Waals surface area contributed by atoms with Crippen molar-refractivity contribution in [1.29, 1.82) is 0 Å². The van der Waals surface area contributed by atoms with Crippen LogP contribution in [0, 0.1) is 0 Å². The van der Waals surface area contributed by atoms with Gasteiger partial charge in [-0.3, -0.25) is 0 Å². The minimum atomic E-state index is 0.701. The minimum absolute atomic E-state index is 0.701. The predicted molar refractivity (Wildman–Crippen MR) is 225 cm³/mol. The molecule has 0 aliphatic heterocycles. The summed E-state index contributed by atoms with van der Waals surface area (Å²) in [5.74, 6) is 0.701. The molecule has 0 aliphatic rings. The van der Waals surface area contributed by atoms with Crippen LogP contribution in [-0.4, -0.2) is 19.1 Å². The number of para-hydroxylation sites is 3. The smallest absolute Gasteiger partial charge is 0.160 e. The molecule has 11 rings (SSSR count).